The van der Waals surface area contributed by atoms with Gasteiger partial charge in [0.25, 0.3) is 0 Å². The van der Waals surface area contributed by atoms with Crippen LogP contribution in [0.1, 0.15) is 0 Å². The molecule has 1 aliphatic heterocycles. The van der Waals surface area contributed by atoms with Gasteiger partial charge in [-0.2, -0.15) is 13.2 Å². The number of nitrogens with one attached hydrogen (secondary N) is 1. The zero-order chi connectivity index (χ0) is 10.1. The Morgan fingerprint density at radius 1 is 1.69 bits per heavy atom. The maximum atomic E-state index is 12.0. The predicted molar refractivity (Wildman–Crippen MR) is 37.9 cm³/mol. The standard InChI is InChI=1S/C7H8F3NO2/c1-13-6(12)5-2-4(3-11-5)7(8,9)10/h2,5,11H,3H2,1H3/t5-/m1/s1. The molecule has 0 unspecified atom stereocenters. The summed E-state index contributed by atoms with van der Waals surface area (Å²) in [6, 6.07) is -0.971. The monoisotopic (exact) mass is 195 g/mol. The Balaban J connectivity index is 2.69. The first-order chi connectivity index (χ1) is 5.95. The highest BCUT2D eigenvalue weighted by molar-refractivity contribution is 5.79. The third-order valence-electron chi connectivity index (χ3n) is 1.70. The molecule has 0 aromatic heterocycles. The van der Waals surface area contributed by atoms with Crippen molar-refractivity contribution < 1.29 is 22.7 Å². The van der Waals surface area contributed by atoms with Crippen LogP contribution in [0.4, 0.5) is 13.2 Å². The summed E-state index contributed by atoms with van der Waals surface area (Å²) in [5.74, 6) is -0.709. The van der Waals surface area contributed by atoms with Gasteiger partial charge in [0.1, 0.15) is 6.04 Å². The van der Waals surface area contributed by atoms with E-state index in [2.05, 4.69) is 10.1 Å². The van der Waals surface area contributed by atoms with Crippen LogP contribution in [0.15, 0.2) is 11.6 Å². The van der Waals surface area contributed by atoms with Crippen LogP contribution in [0.5, 0.6) is 0 Å². The van der Waals surface area contributed by atoms with E-state index in [4.69, 9.17) is 0 Å². The highest BCUT2D eigenvalue weighted by Crippen LogP contribution is 2.27. The molecule has 1 atom stereocenters. The molecule has 0 aromatic rings. The fourth-order valence-corrected chi connectivity index (χ4v) is 1.01. The highest BCUT2D eigenvalue weighted by atomic mass is 19.4. The highest BCUT2D eigenvalue weighted by Gasteiger charge is 2.38. The first-order valence-corrected chi connectivity index (χ1v) is 3.54. The van der Waals surface area contributed by atoms with Gasteiger partial charge >= 0.3 is 12.1 Å². The van der Waals surface area contributed by atoms with Gasteiger partial charge in [-0.3, -0.25) is 10.1 Å². The number of hydrogen-bond acceptors (Lipinski definition) is 3. The molecule has 0 radical (unpaired) electrons. The molecule has 1 N–H and O–H groups in total. The molecule has 0 bridgehead atoms. The fraction of sp³-hybridized carbons (Fsp3) is 0.571. The van der Waals surface area contributed by atoms with E-state index >= 15 is 0 Å². The Kier molecular flexibility index (Phi) is 2.60. The van der Waals surface area contributed by atoms with Crippen molar-refractivity contribution in [2.45, 2.75) is 12.2 Å². The Bertz CT molecular complexity index is 247. The van der Waals surface area contributed by atoms with Crippen molar-refractivity contribution >= 4 is 5.97 Å². The van der Waals surface area contributed by atoms with Crippen LogP contribution in [0.2, 0.25) is 0 Å². The summed E-state index contributed by atoms with van der Waals surface area (Å²) in [6.45, 7) is -0.344. The Morgan fingerprint density at radius 2 is 2.31 bits per heavy atom. The normalized spacial score (nSPS) is 22.8. The van der Waals surface area contributed by atoms with Crippen molar-refractivity contribution in [3.63, 3.8) is 0 Å². The van der Waals surface area contributed by atoms with E-state index in [1.54, 1.807) is 0 Å². The zero-order valence-electron chi connectivity index (χ0n) is 6.81. The zero-order valence-corrected chi connectivity index (χ0v) is 6.81. The van der Waals surface area contributed by atoms with Crippen LogP contribution < -0.4 is 5.32 Å². The van der Waals surface area contributed by atoms with E-state index < -0.39 is 23.8 Å². The molecule has 1 aliphatic rings. The lowest BCUT2D eigenvalue weighted by atomic mass is 10.2. The van der Waals surface area contributed by atoms with Crippen molar-refractivity contribution in [1.29, 1.82) is 0 Å². The number of methoxy groups -OCH3 is 1. The van der Waals surface area contributed by atoms with Crippen LogP contribution in [0, 0.1) is 0 Å². The number of ether oxygens (including phenoxy) is 1. The minimum Gasteiger partial charge on any atom is -0.468 e. The van der Waals surface area contributed by atoms with Gasteiger partial charge in [-0.05, 0) is 6.08 Å². The van der Waals surface area contributed by atoms with Gasteiger partial charge < -0.3 is 4.74 Å². The molecule has 6 heteroatoms. The third kappa shape index (κ3) is 2.21. The lowest BCUT2D eigenvalue weighted by molar-refractivity contribution is -0.141. The molecule has 0 aromatic carbocycles. The number of halogens is 3. The second-order valence-electron chi connectivity index (χ2n) is 2.57. The molecule has 0 saturated heterocycles. The smallest absolute Gasteiger partial charge is 0.413 e. The van der Waals surface area contributed by atoms with Crippen molar-refractivity contribution in [3.05, 3.63) is 11.6 Å². The first-order valence-electron chi connectivity index (χ1n) is 3.54. The molecular weight excluding hydrogens is 187 g/mol. The lowest BCUT2D eigenvalue weighted by Gasteiger charge is -2.05. The van der Waals surface area contributed by atoms with Gasteiger partial charge in [0.2, 0.25) is 0 Å². The van der Waals surface area contributed by atoms with Crippen LogP contribution in [0.3, 0.4) is 0 Å². The molecule has 74 valence electrons. The Labute approximate surface area is 72.6 Å². The summed E-state index contributed by atoms with van der Waals surface area (Å²) >= 11 is 0. The summed E-state index contributed by atoms with van der Waals surface area (Å²) in [6.07, 6.45) is -3.53. The van der Waals surface area contributed by atoms with Crippen LogP contribution >= 0.6 is 0 Å². The average molecular weight is 195 g/mol. The average Bonchev–Trinajstić information content (AvgIpc) is 2.50. The van der Waals surface area contributed by atoms with E-state index in [-0.39, 0.29) is 6.54 Å². The molecule has 0 aliphatic carbocycles. The second kappa shape index (κ2) is 3.37. The molecule has 0 amide bonds. The van der Waals surface area contributed by atoms with Gasteiger partial charge in [-0.15, -0.1) is 0 Å². The summed E-state index contributed by atoms with van der Waals surface area (Å²) in [7, 11) is 1.13. The molecular formula is C7H8F3NO2. The molecule has 1 heterocycles. The van der Waals surface area contributed by atoms with E-state index in [1.165, 1.54) is 0 Å². The van der Waals surface area contributed by atoms with Crippen LogP contribution in [-0.4, -0.2) is 31.8 Å². The topological polar surface area (TPSA) is 38.3 Å². The summed E-state index contributed by atoms with van der Waals surface area (Å²) in [5, 5.41) is 2.38. The molecule has 0 spiro atoms. The minimum absolute atomic E-state index is 0.344. The van der Waals surface area contributed by atoms with E-state index in [1.807, 2.05) is 0 Å². The van der Waals surface area contributed by atoms with Gasteiger partial charge in [0.05, 0.1) is 7.11 Å². The minimum atomic E-state index is -4.37. The molecule has 0 saturated carbocycles. The predicted octanol–water partition coefficient (Wildman–Crippen LogP) is 0.620. The molecule has 13 heavy (non-hydrogen) atoms. The van der Waals surface area contributed by atoms with Crippen molar-refractivity contribution in [2.75, 3.05) is 13.7 Å². The van der Waals surface area contributed by atoms with E-state index in [0.717, 1.165) is 13.2 Å². The number of alkyl halides is 3. The van der Waals surface area contributed by atoms with E-state index in [0.29, 0.717) is 0 Å². The van der Waals surface area contributed by atoms with Crippen molar-refractivity contribution in [3.8, 4) is 0 Å². The molecule has 0 fully saturated rings. The van der Waals surface area contributed by atoms with Gasteiger partial charge in [0, 0.05) is 12.1 Å². The fourth-order valence-electron chi connectivity index (χ4n) is 1.01. The van der Waals surface area contributed by atoms with Gasteiger partial charge in [-0.25, -0.2) is 0 Å². The summed E-state index contributed by atoms with van der Waals surface area (Å²) in [5.41, 5.74) is -0.733. The largest absolute Gasteiger partial charge is 0.468 e. The number of esters is 1. The first kappa shape index (κ1) is 10.0. The second-order valence-corrected chi connectivity index (χ2v) is 2.57. The Morgan fingerprint density at radius 3 is 2.69 bits per heavy atom. The maximum Gasteiger partial charge on any atom is 0.413 e. The van der Waals surface area contributed by atoms with Crippen LogP contribution in [0.25, 0.3) is 0 Å². The lowest BCUT2D eigenvalue weighted by Crippen LogP contribution is -2.32. The van der Waals surface area contributed by atoms with E-state index in [9.17, 15) is 18.0 Å². The number of carbonyl (C=O) groups excluding carboxylic acids is 1. The number of carbonyl (C=O) groups is 1. The molecule has 1 rings (SSSR count). The summed E-state index contributed by atoms with van der Waals surface area (Å²) in [4.78, 5) is 10.8. The van der Waals surface area contributed by atoms with Crippen molar-refractivity contribution in [2.24, 2.45) is 0 Å². The SMILES string of the molecule is COC(=O)[C@H]1C=C(C(F)(F)F)CN1. The Hall–Kier alpha value is -1.04. The van der Waals surface area contributed by atoms with Gasteiger partial charge in [-0.1, -0.05) is 0 Å². The molecule has 3 nitrogen and oxygen atoms in total. The van der Waals surface area contributed by atoms with Gasteiger partial charge in [0.15, 0.2) is 0 Å². The van der Waals surface area contributed by atoms with Crippen LogP contribution in [-0.2, 0) is 9.53 Å². The quantitative estimate of drug-likeness (QED) is 0.492. The maximum absolute atomic E-state index is 12.0. The third-order valence-corrected chi connectivity index (χ3v) is 1.70. The number of hydrogen-bond donors (Lipinski definition) is 1. The number of rotatable bonds is 1. The summed E-state index contributed by atoms with van der Waals surface area (Å²) < 4.78 is 40.4. The van der Waals surface area contributed by atoms with Crippen molar-refractivity contribution in [1.82, 2.24) is 5.32 Å².